The SMILES string of the molecule is CC1(C)C(=O)C2C=C3C=CC(=N3)C=c3ccc([nH]3)=CC3=NC(n4cnc(C(O)C(F)(F)F)c4)(C=C3)C=C1N2. The number of carbonyl (C=O) groups excluding carboxylic acids is 1. The number of nitrogens with zero attached hydrogens (tertiary/aromatic N) is 4. The van der Waals surface area contributed by atoms with Crippen molar-refractivity contribution in [3.8, 4) is 0 Å². The fourth-order valence-electron chi connectivity index (χ4n) is 4.85. The zero-order valence-corrected chi connectivity index (χ0v) is 20.4. The fraction of sp³-hybridized carbons (Fsp3) is 0.259. The number of aliphatic imine (C=N–C) groups is 2. The second-order valence-corrected chi connectivity index (χ2v) is 10.1. The van der Waals surface area contributed by atoms with Gasteiger partial charge in [-0.15, -0.1) is 0 Å². The number of fused-ring (bicyclic) bond motifs is 6. The Labute approximate surface area is 214 Å². The van der Waals surface area contributed by atoms with E-state index in [4.69, 9.17) is 4.99 Å². The largest absolute Gasteiger partial charge is 0.420 e. The summed E-state index contributed by atoms with van der Waals surface area (Å²) in [5.74, 6) is -0.0816. The number of alkyl halides is 3. The smallest absolute Gasteiger partial charge is 0.378 e. The van der Waals surface area contributed by atoms with Crippen molar-refractivity contribution in [1.29, 1.82) is 0 Å². The summed E-state index contributed by atoms with van der Waals surface area (Å²) in [6.07, 6.45) is 9.03. The molecule has 0 saturated carbocycles. The summed E-state index contributed by atoms with van der Waals surface area (Å²) in [7, 11) is 0. The molecule has 1 saturated heterocycles. The number of imidazole rings is 1. The number of halogens is 3. The molecular weight excluding hydrogens is 497 g/mol. The summed E-state index contributed by atoms with van der Waals surface area (Å²) in [6, 6.07) is 3.12. The summed E-state index contributed by atoms with van der Waals surface area (Å²) in [6.45, 7) is 3.56. The number of aromatic nitrogens is 3. The normalized spacial score (nSPS) is 26.2. The van der Waals surface area contributed by atoms with Gasteiger partial charge in [0.25, 0.3) is 0 Å². The highest BCUT2D eigenvalue weighted by molar-refractivity contribution is 6.19. The van der Waals surface area contributed by atoms with Crippen LogP contribution in [0.15, 0.2) is 82.5 Å². The number of H-pyrrole nitrogens is 1. The summed E-state index contributed by atoms with van der Waals surface area (Å²) in [5, 5.41) is 14.6. The first kappa shape index (κ1) is 24.1. The van der Waals surface area contributed by atoms with Gasteiger partial charge < -0.3 is 20.0 Å². The highest BCUT2D eigenvalue weighted by Crippen LogP contribution is 2.40. The van der Waals surface area contributed by atoms with Gasteiger partial charge in [0, 0.05) is 22.6 Å². The number of aliphatic hydroxyl groups excluding tert-OH is 1. The summed E-state index contributed by atoms with van der Waals surface area (Å²) < 4.78 is 40.9. The Morgan fingerprint density at radius 1 is 1.11 bits per heavy atom. The Morgan fingerprint density at radius 2 is 1.84 bits per heavy atom. The van der Waals surface area contributed by atoms with Crippen LogP contribution in [0.1, 0.15) is 25.6 Å². The first-order valence-corrected chi connectivity index (χ1v) is 11.9. The number of aliphatic hydroxyl groups is 1. The molecule has 0 aromatic carbocycles. The van der Waals surface area contributed by atoms with Crippen LogP contribution >= 0.6 is 0 Å². The maximum atomic E-state index is 13.4. The standard InChI is InChI=1S/C27H23F3N6O2/c1-25(2)22-12-26(36-13-21(31-14-36)24(38)27(28,29)30)8-7-19(35-26)10-17-4-3-15(32-17)9-16-5-6-18(33-16)11-20(34-22)23(25)37/h3-14,20,24,32,34,38H,1-2H3. The van der Waals surface area contributed by atoms with Crippen molar-refractivity contribution in [2.75, 3.05) is 0 Å². The van der Waals surface area contributed by atoms with E-state index in [0.717, 1.165) is 22.6 Å². The molecule has 4 aliphatic rings. The maximum absolute atomic E-state index is 13.4. The van der Waals surface area contributed by atoms with Crippen molar-refractivity contribution in [3.05, 3.63) is 88.9 Å². The third kappa shape index (κ3) is 3.99. The number of nitrogens with one attached hydrogen (secondary N) is 2. The number of hydrogen-bond donors (Lipinski definition) is 3. The zero-order valence-electron chi connectivity index (χ0n) is 20.4. The Kier molecular flexibility index (Phi) is 5.15. The van der Waals surface area contributed by atoms with Crippen LogP contribution in [0.3, 0.4) is 0 Å². The molecule has 0 aliphatic carbocycles. The maximum Gasteiger partial charge on any atom is 0.420 e. The number of allylic oxidation sites excluding steroid dienone is 4. The number of rotatable bonds is 2. The molecule has 1 fully saturated rings. The second kappa shape index (κ2) is 8.12. The monoisotopic (exact) mass is 520 g/mol. The lowest BCUT2D eigenvalue weighted by Crippen LogP contribution is -2.29. The lowest BCUT2D eigenvalue weighted by molar-refractivity contribution is -0.207. The van der Waals surface area contributed by atoms with E-state index < -0.39 is 35.1 Å². The van der Waals surface area contributed by atoms with E-state index in [1.807, 2.05) is 30.4 Å². The van der Waals surface area contributed by atoms with Gasteiger partial charge in [-0.3, -0.25) is 4.79 Å². The van der Waals surface area contributed by atoms with Crippen molar-refractivity contribution < 1.29 is 23.1 Å². The van der Waals surface area contributed by atoms with Gasteiger partial charge in [0.05, 0.1) is 34.6 Å². The molecule has 11 heteroatoms. The van der Waals surface area contributed by atoms with Crippen LogP contribution in [0, 0.1) is 5.41 Å². The van der Waals surface area contributed by atoms with Crippen LogP contribution in [0.25, 0.3) is 12.2 Å². The molecule has 3 N–H and O–H groups in total. The molecule has 3 unspecified atom stereocenters. The molecule has 6 heterocycles. The lowest BCUT2D eigenvalue weighted by Gasteiger charge is -2.26. The fourth-order valence-corrected chi connectivity index (χ4v) is 4.85. The van der Waals surface area contributed by atoms with E-state index in [1.165, 1.54) is 10.9 Å². The van der Waals surface area contributed by atoms with Crippen LogP contribution in [0.2, 0.25) is 0 Å². The van der Waals surface area contributed by atoms with Crippen molar-refractivity contribution in [2.45, 2.75) is 37.8 Å². The van der Waals surface area contributed by atoms with E-state index in [9.17, 15) is 23.1 Å². The molecule has 2 aromatic heterocycles. The molecule has 38 heavy (non-hydrogen) atoms. The van der Waals surface area contributed by atoms with Gasteiger partial charge in [-0.2, -0.15) is 13.2 Å². The zero-order chi connectivity index (χ0) is 26.9. The highest BCUT2D eigenvalue weighted by atomic mass is 19.4. The summed E-state index contributed by atoms with van der Waals surface area (Å²) >= 11 is 0. The molecule has 3 atom stereocenters. The van der Waals surface area contributed by atoms with Crippen molar-refractivity contribution in [1.82, 2.24) is 19.9 Å². The molecule has 0 spiro atoms. The predicted octanol–water partition coefficient (Wildman–Crippen LogP) is 2.09. The van der Waals surface area contributed by atoms with E-state index >= 15 is 0 Å². The van der Waals surface area contributed by atoms with E-state index in [2.05, 4.69) is 20.3 Å². The first-order chi connectivity index (χ1) is 17.9. The van der Waals surface area contributed by atoms with Gasteiger partial charge in [0.1, 0.15) is 6.04 Å². The second-order valence-electron chi connectivity index (χ2n) is 10.1. The summed E-state index contributed by atoms with van der Waals surface area (Å²) in [5.41, 5.74) is -0.344. The number of carbonyl (C=O) groups is 1. The van der Waals surface area contributed by atoms with Gasteiger partial charge in [-0.25, -0.2) is 15.0 Å². The molecule has 2 aromatic rings. The predicted molar refractivity (Wildman–Crippen MR) is 135 cm³/mol. The van der Waals surface area contributed by atoms with Gasteiger partial charge in [-0.05, 0) is 74.6 Å². The Bertz CT molecular complexity index is 1660. The third-order valence-corrected chi connectivity index (χ3v) is 7.01. The Balaban J connectivity index is 1.55. The third-order valence-electron chi connectivity index (χ3n) is 7.01. The molecule has 194 valence electrons. The number of ketones is 1. The molecule has 0 radical (unpaired) electrons. The minimum Gasteiger partial charge on any atom is -0.378 e. The Hall–Kier alpha value is -4.25. The first-order valence-electron chi connectivity index (χ1n) is 11.9. The van der Waals surface area contributed by atoms with E-state index in [1.54, 1.807) is 44.2 Å². The minimum atomic E-state index is -4.87. The van der Waals surface area contributed by atoms with Crippen LogP contribution in [0.5, 0.6) is 0 Å². The van der Waals surface area contributed by atoms with Crippen molar-refractivity contribution in [3.63, 3.8) is 0 Å². The number of aromatic amines is 1. The number of hydrogen-bond acceptors (Lipinski definition) is 6. The minimum absolute atomic E-state index is 0.0816. The molecular formula is C27H23F3N6O2. The van der Waals surface area contributed by atoms with E-state index in [0.29, 0.717) is 17.1 Å². The average Bonchev–Trinajstić information content (AvgIpc) is 3.66. The number of Topliss-reactive ketones (excluding diaryl/α,β-unsaturated/α-hetero) is 1. The molecule has 8 bridgehead atoms. The van der Waals surface area contributed by atoms with Crippen LogP contribution in [-0.2, 0) is 10.5 Å². The van der Waals surface area contributed by atoms with Crippen LogP contribution < -0.4 is 16.0 Å². The van der Waals surface area contributed by atoms with Crippen LogP contribution in [-0.4, -0.2) is 49.1 Å². The summed E-state index contributed by atoms with van der Waals surface area (Å²) in [4.78, 5) is 29.9. The van der Waals surface area contributed by atoms with Gasteiger partial charge >= 0.3 is 6.18 Å². The van der Waals surface area contributed by atoms with Gasteiger partial charge in [0.2, 0.25) is 0 Å². The van der Waals surface area contributed by atoms with Crippen molar-refractivity contribution in [2.24, 2.45) is 15.4 Å². The van der Waals surface area contributed by atoms with E-state index in [-0.39, 0.29) is 5.78 Å². The van der Waals surface area contributed by atoms with Crippen molar-refractivity contribution >= 4 is 29.4 Å². The molecule has 8 nitrogen and oxygen atoms in total. The lowest BCUT2D eigenvalue weighted by atomic mass is 9.84. The molecule has 0 amide bonds. The molecule has 6 rings (SSSR count). The van der Waals surface area contributed by atoms with Gasteiger partial charge in [0.15, 0.2) is 17.6 Å². The molecule has 4 aliphatic heterocycles. The van der Waals surface area contributed by atoms with Gasteiger partial charge in [-0.1, -0.05) is 0 Å². The highest BCUT2D eigenvalue weighted by Gasteiger charge is 2.46. The Morgan fingerprint density at radius 3 is 2.58 bits per heavy atom. The quantitative estimate of drug-likeness (QED) is 0.564. The topological polar surface area (TPSA) is 108 Å². The average molecular weight is 521 g/mol. The van der Waals surface area contributed by atoms with Crippen LogP contribution in [0.4, 0.5) is 13.2 Å².